The number of amides is 2. The Morgan fingerprint density at radius 2 is 1.89 bits per heavy atom. The molecule has 3 rings (SSSR count). The lowest BCUT2D eigenvalue weighted by Gasteiger charge is -2.27. The Bertz CT molecular complexity index is 916. The zero-order valence-corrected chi connectivity index (χ0v) is 16.7. The number of imide groups is 1. The molecule has 0 aliphatic carbocycles. The number of nitrogens with zero attached hydrogens (tertiary/aromatic N) is 2. The van der Waals surface area contributed by atoms with Gasteiger partial charge in [0.2, 0.25) is 11.8 Å². The smallest absolute Gasteiger partial charge is 0.233 e. The third-order valence-corrected chi connectivity index (χ3v) is 5.61. The number of pyridine rings is 2. The zero-order valence-electron chi connectivity index (χ0n) is 16.7. The molecule has 0 saturated carbocycles. The first-order valence-corrected chi connectivity index (χ1v) is 9.46. The summed E-state index contributed by atoms with van der Waals surface area (Å²) >= 11 is 0. The molecule has 6 nitrogen and oxygen atoms in total. The Balaban J connectivity index is 1.67. The number of Topliss-reactive ketones (excluding diaryl/α,β-unsaturated/α-hetero) is 1. The van der Waals surface area contributed by atoms with Crippen LogP contribution in [0, 0.1) is 19.3 Å². The average Bonchev–Trinajstić information content (AvgIpc) is 2.91. The monoisotopic (exact) mass is 379 g/mol. The van der Waals surface area contributed by atoms with Crippen molar-refractivity contribution in [3.05, 3.63) is 58.7 Å². The minimum absolute atomic E-state index is 0.0219. The van der Waals surface area contributed by atoms with Gasteiger partial charge in [-0.1, -0.05) is 13.0 Å². The highest BCUT2D eigenvalue weighted by atomic mass is 16.2. The molecule has 0 aromatic carbocycles. The van der Waals surface area contributed by atoms with Crippen LogP contribution < -0.4 is 5.32 Å². The van der Waals surface area contributed by atoms with Crippen LogP contribution in [-0.4, -0.2) is 27.6 Å². The molecule has 2 atom stereocenters. The summed E-state index contributed by atoms with van der Waals surface area (Å²) in [6.45, 7) is 7.58. The van der Waals surface area contributed by atoms with Crippen LogP contribution in [0.25, 0.3) is 0 Å². The number of hydrogen-bond acceptors (Lipinski definition) is 5. The Hall–Kier alpha value is -2.89. The molecule has 1 aliphatic rings. The zero-order chi connectivity index (χ0) is 20.5. The highest BCUT2D eigenvalue weighted by Gasteiger charge is 2.47. The first-order valence-electron chi connectivity index (χ1n) is 9.46. The summed E-state index contributed by atoms with van der Waals surface area (Å²) in [5.41, 5.74) is 3.44. The number of ketones is 1. The van der Waals surface area contributed by atoms with E-state index in [4.69, 9.17) is 0 Å². The lowest BCUT2D eigenvalue weighted by molar-refractivity contribution is -0.128. The minimum Gasteiger partial charge on any atom is -0.296 e. The van der Waals surface area contributed by atoms with Gasteiger partial charge in [0.1, 0.15) is 5.69 Å². The normalized spacial score (nSPS) is 20.1. The van der Waals surface area contributed by atoms with Gasteiger partial charge < -0.3 is 0 Å². The van der Waals surface area contributed by atoms with Crippen molar-refractivity contribution < 1.29 is 14.4 Å². The number of carbonyl (C=O) groups excluding carboxylic acids is 3. The molecule has 1 aliphatic heterocycles. The first-order chi connectivity index (χ1) is 13.2. The van der Waals surface area contributed by atoms with Gasteiger partial charge in [0, 0.05) is 30.4 Å². The largest absolute Gasteiger partial charge is 0.296 e. The fraction of sp³-hybridized carbons (Fsp3) is 0.409. The van der Waals surface area contributed by atoms with Crippen LogP contribution in [0.2, 0.25) is 0 Å². The summed E-state index contributed by atoms with van der Waals surface area (Å²) in [5.74, 6) is -0.710. The molecule has 0 spiro atoms. The van der Waals surface area contributed by atoms with E-state index in [9.17, 15) is 14.4 Å². The van der Waals surface area contributed by atoms with E-state index < -0.39 is 5.41 Å². The van der Waals surface area contributed by atoms with Crippen molar-refractivity contribution in [2.75, 3.05) is 0 Å². The van der Waals surface area contributed by atoms with Crippen molar-refractivity contribution in [3.63, 3.8) is 0 Å². The number of hydrogen-bond donors (Lipinski definition) is 1. The van der Waals surface area contributed by atoms with Gasteiger partial charge in [-0.2, -0.15) is 0 Å². The molecule has 0 radical (unpaired) electrons. The Labute approximate surface area is 164 Å². The minimum atomic E-state index is -0.790. The molecule has 0 bridgehead atoms. The summed E-state index contributed by atoms with van der Waals surface area (Å²) in [6.07, 6.45) is 2.82. The SMILES string of the molecule is Cc1cc(CCC(=O)c2ccc([C@@H](C)[C@]3(C)CC(=O)NC3=O)cn2)cc(C)n1. The van der Waals surface area contributed by atoms with Crippen LogP contribution in [0.5, 0.6) is 0 Å². The summed E-state index contributed by atoms with van der Waals surface area (Å²) in [4.78, 5) is 44.9. The number of nitrogens with one attached hydrogen (secondary N) is 1. The molecule has 1 fully saturated rings. The maximum absolute atomic E-state index is 12.5. The van der Waals surface area contributed by atoms with Gasteiger partial charge in [-0.15, -0.1) is 0 Å². The van der Waals surface area contributed by atoms with E-state index in [0.717, 1.165) is 22.5 Å². The second-order valence-corrected chi connectivity index (χ2v) is 7.85. The van der Waals surface area contributed by atoms with Crippen molar-refractivity contribution in [1.82, 2.24) is 15.3 Å². The van der Waals surface area contributed by atoms with Crippen LogP contribution in [0.3, 0.4) is 0 Å². The predicted octanol–water partition coefficient (Wildman–Crippen LogP) is 3.07. The lowest BCUT2D eigenvalue weighted by Crippen LogP contribution is -2.33. The fourth-order valence-corrected chi connectivity index (χ4v) is 3.72. The average molecular weight is 379 g/mol. The van der Waals surface area contributed by atoms with Crippen LogP contribution in [0.4, 0.5) is 0 Å². The van der Waals surface area contributed by atoms with Crippen LogP contribution in [0.1, 0.15) is 65.6 Å². The van der Waals surface area contributed by atoms with Gasteiger partial charge in [-0.3, -0.25) is 29.7 Å². The Kier molecular flexibility index (Phi) is 5.40. The first kappa shape index (κ1) is 19.9. The molecular formula is C22H25N3O3. The molecular weight excluding hydrogens is 354 g/mol. The van der Waals surface area contributed by atoms with Crippen molar-refractivity contribution in [1.29, 1.82) is 0 Å². The number of aryl methyl sites for hydroxylation is 3. The summed E-state index contributed by atoms with van der Waals surface area (Å²) in [7, 11) is 0. The van der Waals surface area contributed by atoms with Crippen molar-refractivity contribution >= 4 is 17.6 Å². The number of aromatic nitrogens is 2. The second kappa shape index (κ2) is 7.62. The second-order valence-electron chi connectivity index (χ2n) is 7.85. The third-order valence-electron chi connectivity index (χ3n) is 5.61. The van der Waals surface area contributed by atoms with Gasteiger partial charge in [0.25, 0.3) is 0 Å². The third kappa shape index (κ3) is 4.01. The fourth-order valence-electron chi connectivity index (χ4n) is 3.72. The highest BCUT2D eigenvalue weighted by Crippen LogP contribution is 2.41. The Morgan fingerprint density at radius 3 is 2.43 bits per heavy atom. The van der Waals surface area contributed by atoms with E-state index in [1.54, 1.807) is 19.2 Å². The number of carbonyl (C=O) groups is 3. The van der Waals surface area contributed by atoms with E-state index in [1.807, 2.05) is 39.0 Å². The van der Waals surface area contributed by atoms with E-state index in [2.05, 4.69) is 15.3 Å². The van der Waals surface area contributed by atoms with Gasteiger partial charge in [0.15, 0.2) is 5.78 Å². The van der Waals surface area contributed by atoms with Crippen molar-refractivity contribution in [2.24, 2.45) is 5.41 Å². The summed E-state index contributed by atoms with van der Waals surface area (Å²) < 4.78 is 0. The molecule has 1 saturated heterocycles. The molecule has 28 heavy (non-hydrogen) atoms. The summed E-state index contributed by atoms with van der Waals surface area (Å²) in [6, 6.07) is 7.52. The van der Waals surface area contributed by atoms with E-state index in [0.29, 0.717) is 18.5 Å². The standard InChI is InChI=1S/C22H25N3O3/c1-13-9-16(10-14(2)24-13)5-8-19(26)18-7-6-17(12-23-18)15(3)22(4)11-20(27)25-21(22)28/h6-7,9-10,12,15H,5,8,11H2,1-4H3,(H,25,27,28)/t15-,22+/m1/s1. The molecule has 3 heterocycles. The maximum atomic E-state index is 12.5. The highest BCUT2D eigenvalue weighted by molar-refractivity contribution is 6.06. The number of rotatable bonds is 6. The molecule has 0 unspecified atom stereocenters. The quantitative estimate of drug-likeness (QED) is 0.615. The molecule has 1 N–H and O–H groups in total. The van der Waals surface area contributed by atoms with Gasteiger partial charge in [-0.05, 0) is 62.4 Å². The predicted molar refractivity (Wildman–Crippen MR) is 105 cm³/mol. The molecule has 2 amide bonds. The van der Waals surface area contributed by atoms with E-state index in [1.165, 1.54) is 0 Å². The van der Waals surface area contributed by atoms with Gasteiger partial charge >= 0.3 is 0 Å². The Morgan fingerprint density at radius 1 is 1.21 bits per heavy atom. The lowest BCUT2D eigenvalue weighted by atomic mass is 9.73. The van der Waals surface area contributed by atoms with Crippen molar-refractivity contribution in [2.45, 2.75) is 52.9 Å². The molecule has 6 heteroatoms. The van der Waals surface area contributed by atoms with E-state index in [-0.39, 0.29) is 29.9 Å². The van der Waals surface area contributed by atoms with Crippen molar-refractivity contribution in [3.8, 4) is 0 Å². The molecule has 146 valence electrons. The van der Waals surface area contributed by atoms with Gasteiger partial charge in [0.05, 0.1) is 5.41 Å². The van der Waals surface area contributed by atoms with Crippen LogP contribution >= 0.6 is 0 Å². The van der Waals surface area contributed by atoms with Gasteiger partial charge in [-0.25, -0.2) is 0 Å². The maximum Gasteiger partial charge on any atom is 0.233 e. The topological polar surface area (TPSA) is 89.0 Å². The van der Waals surface area contributed by atoms with E-state index >= 15 is 0 Å². The summed E-state index contributed by atoms with van der Waals surface area (Å²) in [5, 5.41) is 2.37. The van der Waals surface area contributed by atoms with Crippen LogP contribution in [-0.2, 0) is 16.0 Å². The molecule has 2 aromatic heterocycles. The van der Waals surface area contributed by atoms with Crippen LogP contribution in [0.15, 0.2) is 30.5 Å². The molecule has 2 aromatic rings.